The van der Waals surface area contributed by atoms with Crippen molar-refractivity contribution in [2.75, 3.05) is 26.5 Å². The molecule has 0 aromatic heterocycles. The van der Waals surface area contributed by atoms with Crippen LogP contribution in [0, 0.1) is 0 Å². The third kappa shape index (κ3) is 5.58. The fourth-order valence-electron chi connectivity index (χ4n) is 1.32. The van der Waals surface area contributed by atoms with Gasteiger partial charge in [0.15, 0.2) is 0 Å². The highest BCUT2D eigenvalue weighted by molar-refractivity contribution is 9.10. The van der Waals surface area contributed by atoms with E-state index in [4.69, 9.17) is 4.74 Å². The van der Waals surface area contributed by atoms with Gasteiger partial charge in [-0.05, 0) is 34.1 Å². The van der Waals surface area contributed by atoms with Crippen molar-refractivity contribution in [2.24, 2.45) is 0 Å². The maximum Gasteiger partial charge on any atom is 0.251 e. The van der Waals surface area contributed by atoms with E-state index in [2.05, 4.69) is 26.0 Å². The molecule has 0 saturated carbocycles. The van der Waals surface area contributed by atoms with Crippen molar-refractivity contribution < 1.29 is 17.9 Å². The van der Waals surface area contributed by atoms with Crippen LogP contribution in [0.1, 0.15) is 10.4 Å². The van der Waals surface area contributed by atoms with E-state index in [1.165, 1.54) is 7.11 Å². The molecular weight excluding hydrogens is 336 g/mol. The number of halogens is 1. The van der Waals surface area contributed by atoms with Gasteiger partial charge >= 0.3 is 0 Å². The van der Waals surface area contributed by atoms with E-state index in [1.54, 1.807) is 18.2 Å². The number of benzene rings is 1. The zero-order valence-corrected chi connectivity index (χ0v) is 13.0. The van der Waals surface area contributed by atoms with E-state index in [9.17, 15) is 13.2 Å². The molecule has 0 heterocycles. The normalized spacial score (nSPS) is 11.1. The minimum Gasteiger partial charge on any atom is -0.496 e. The Morgan fingerprint density at radius 1 is 1.37 bits per heavy atom. The summed E-state index contributed by atoms with van der Waals surface area (Å²) in [5.74, 6) is 0.356. The predicted molar refractivity (Wildman–Crippen MR) is 75.9 cm³/mol. The number of nitrogens with one attached hydrogen (secondary N) is 2. The molecule has 0 saturated heterocycles. The van der Waals surface area contributed by atoms with Crippen molar-refractivity contribution in [3.8, 4) is 5.75 Å². The highest BCUT2D eigenvalue weighted by atomic mass is 79.9. The van der Waals surface area contributed by atoms with E-state index in [0.717, 1.165) is 6.26 Å². The van der Waals surface area contributed by atoms with Crippen molar-refractivity contribution in [2.45, 2.75) is 0 Å². The van der Waals surface area contributed by atoms with Gasteiger partial charge in [0.2, 0.25) is 10.0 Å². The third-order valence-corrected chi connectivity index (χ3v) is 3.54. The highest BCUT2D eigenvalue weighted by Crippen LogP contribution is 2.25. The van der Waals surface area contributed by atoms with E-state index >= 15 is 0 Å². The fourth-order valence-corrected chi connectivity index (χ4v) is 2.34. The lowest BCUT2D eigenvalue weighted by Crippen LogP contribution is -2.34. The van der Waals surface area contributed by atoms with Crippen LogP contribution in [0.3, 0.4) is 0 Å². The SMILES string of the molecule is COc1ccc(C(=O)NCCNS(C)(=O)=O)cc1Br. The largest absolute Gasteiger partial charge is 0.496 e. The van der Waals surface area contributed by atoms with Crippen LogP contribution in [-0.4, -0.2) is 40.8 Å². The van der Waals surface area contributed by atoms with E-state index in [-0.39, 0.29) is 19.0 Å². The van der Waals surface area contributed by atoms with Crippen LogP contribution in [0.25, 0.3) is 0 Å². The quantitative estimate of drug-likeness (QED) is 0.741. The number of carbonyl (C=O) groups is 1. The molecule has 1 aromatic rings. The maximum atomic E-state index is 11.8. The summed E-state index contributed by atoms with van der Waals surface area (Å²) in [5.41, 5.74) is 0.465. The number of carbonyl (C=O) groups excluding carboxylic acids is 1. The Hall–Kier alpha value is -1.12. The molecule has 2 N–H and O–H groups in total. The summed E-state index contributed by atoms with van der Waals surface area (Å²) in [4.78, 5) is 11.8. The Morgan fingerprint density at radius 2 is 2.05 bits per heavy atom. The lowest BCUT2D eigenvalue weighted by molar-refractivity contribution is 0.0954. The first-order valence-electron chi connectivity index (χ1n) is 5.40. The van der Waals surface area contributed by atoms with Gasteiger partial charge < -0.3 is 10.1 Å². The average Bonchev–Trinajstić information content (AvgIpc) is 2.33. The molecule has 0 atom stereocenters. The Balaban J connectivity index is 2.52. The molecule has 1 rings (SSSR count). The topological polar surface area (TPSA) is 84.5 Å². The molecule has 0 radical (unpaired) electrons. The highest BCUT2D eigenvalue weighted by Gasteiger charge is 2.08. The Morgan fingerprint density at radius 3 is 2.58 bits per heavy atom. The van der Waals surface area contributed by atoms with Crippen LogP contribution in [0.5, 0.6) is 5.75 Å². The second-order valence-corrected chi connectivity index (χ2v) is 6.46. The van der Waals surface area contributed by atoms with E-state index < -0.39 is 10.0 Å². The van der Waals surface area contributed by atoms with Crippen LogP contribution < -0.4 is 14.8 Å². The van der Waals surface area contributed by atoms with Gasteiger partial charge in [0.05, 0.1) is 17.8 Å². The summed E-state index contributed by atoms with van der Waals surface area (Å²) >= 11 is 3.29. The molecule has 0 aliphatic rings. The number of hydrogen-bond donors (Lipinski definition) is 2. The molecular formula is C11H15BrN2O4S. The molecule has 8 heteroatoms. The number of hydrogen-bond acceptors (Lipinski definition) is 4. The maximum absolute atomic E-state index is 11.8. The van der Waals surface area contributed by atoms with Crippen molar-refractivity contribution in [1.82, 2.24) is 10.0 Å². The van der Waals surface area contributed by atoms with Crippen LogP contribution in [0.15, 0.2) is 22.7 Å². The Bertz CT molecular complexity index is 560. The first-order chi connectivity index (χ1) is 8.83. The zero-order chi connectivity index (χ0) is 14.5. The van der Waals surface area contributed by atoms with Gasteiger partial charge in [-0.3, -0.25) is 4.79 Å². The van der Waals surface area contributed by atoms with Crippen molar-refractivity contribution in [3.63, 3.8) is 0 Å². The number of ether oxygens (including phenoxy) is 1. The zero-order valence-electron chi connectivity index (χ0n) is 10.6. The van der Waals surface area contributed by atoms with Gasteiger partial charge in [0.1, 0.15) is 5.75 Å². The molecule has 0 spiro atoms. The molecule has 1 amide bonds. The molecule has 106 valence electrons. The van der Waals surface area contributed by atoms with Crippen molar-refractivity contribution in [3.05, 3.63) is 28.2 Å². The van der Waals surface area contributed by atoms with Gasteiger partial charge in [-0.1, -0.05) is 0 Å². The molecule has 0 aliphatic heterocycles. The standard InChI is InChI=1S/C11H15BrN2O4S/c1-18-10-4-3-8(7-9(10)12)11(15)13-5-6-14-19(2,16)17/h3-4,7,14H,5-6H2,1-2H3,(H,13,15). The minimum atomic E-state index is -3.23. The van der Waals surface area contributed by atoms with Gasteiger partial charge in [0.25, 0.3) is 5.91 Å². The van der Waals surface area contributed by atoms with Gasteiger partial charge in [-0.25, -0.2) is 13.1 Å². The average molecular weight is 351 g/mol. The molecule has 6 nitrogen and oxygen atoms in total. The van der Waals surface area contributed by atoms with Crippen LogP contribution in [-0.2, 0) is 10.0 Å². The van der Waals surface area contributed by atoms with Crippen molar-refractivity contribution in [1.29, 1.82) is 0 Å². The van der Waals surface area contributed by atoms with Gasteiger partial charge in [-0.2, -0.15) is 0 Å². The molecule has 19 heavy (non-hydrogen) atoms. The molecule has 1 aromatic carbocycles. The Kier molecular flexibility index (Phi) is 5.77. The minimum absolute atomic E-state index is 0.155. The van der Waals surface area contributed by atoms with E-state index in [0.29, 0.717) is 15.8 Å². The smallest absolute Gasteiger partial charge is 0.251 e. The Labute approximate surface area is 120 Å². The summed E-state index contributed by atoms with van der Waals surface area (Å²) < 4.78 is 29.7. The molecule has 0 aliphatic carbocycles. The van der Waals surface area contributed by atoms with Crippen LogP contribution >= 0.6 is 15.9 Å². The summed E-state index contributed by atoms with van der Waals surface area (Å²) in [5, 5.41) is 2.61. The summed E-state index contributed by atoms with van der Waals surface area (Å²) in [6.45, 7) is 0.372. The summed E-state index contributed by atoms with van der Waals surface area (Å²) in [6.07, 6.45) is 1.06. The second kappa shape index (κ2) is 6.88. The summed E-state index contributed by atoms with van der Waals surface area (Å²) in [7, 11) is -1.69. The molecule has 0 fully saturated rings. The fraction of sp³-hybridized carbons (Fsp3) is 0.364. The van der Waals surface area contributed by atoms with Gasteiger partial charge in [-0.15, -0.1) is 0 Å². The first-order valence-corrected chi connectivity index (χ1v) is 8.08. The number of rotatable bonds is 6. The van der Waals surface area contributed by atoms with E-state index in [1.807, 2.05) is 0 Å². The van der Waals surface area contributed by atoms with Gasteiger partial charge in [0, 0.05) is 18.7 Å². The summed E-state index contributed by atoms with van der Waals surface area (Å²) in [6, 6.07) is 4.94. The predicted octanol–water partition coefficient (Wildman–Crippen LogP) is 0.737. The molecule has 0 unspecified atom stereocenters. The molecule has 0 bridgehead atoms. The lowest BCUT2D eigenvalue weighted by atomic mass is 10.2. The number of sulfonamides is 1. The van der Waals surface area contributed by atoms with Crippen LogP contribution in [0.4, 0.5) is 0 Å². The van der Waals surface area contributed by atoms with Crippen molar-refractivity contribution >= 4 is 31.9 Å². The number of methoxy groups -OCH3 is 1. The first kappa shape index (κ1) is 15.9. The lowest BCUT2D eigenvalue weighted by Gasteiger charge is -2.08. The third-order valence-electron chi connectivity index (χ3n) is 2.19. The van der Waals surface area contributed by atoms with Crippen LogP contribution in [0.2, 0.25) is 0 Å². The number of amides is 1. The second-order valence-electron chi connectivity index (χ2n) is 3.77. The monoisotopic (exact) mass is 350 g/mol.